The Balaban J connectivity index is 3.55. The predicted molar refractivity (Wildman–Crippen MR) is 268 cm³/mol. The van der Waals surface area contributed by atoms with Crippen LogP contribution in [0.2, 0.25) is 0 Å². The summed E-state index contributed by atoms with van der Waals surface area (Å²) in [6.45, 7) is 4.23. The number of rotatable bonds is 51. The van der Waals surface area contributed by atoms with Crippen LogP contribution in [0.25, 0.3) is 0 Å². The number of nitrogens with one attached hydrogen (secondary N) is 1. The maximum Gasteiger partial charge on any atom is 0.222 e. The Morgan fingerprint density at radius 1 is 0.410 bits per heavy atom. The topological polar surface area (TPSA) is 89.8 Å². The average Bonchev–Trinajstić information content (AvgIpc) is 3.25. The summed E-state index contributed by atoms with van der Waals surface area (Å²) in [6.07, 6.45) is 65.1. The van der Waals surface area contributed by atoms with Gasteiger partial charge in [0.15, 0.2) is 0 Å². The number of unbranched alkanes of at least 4 members (excludes halogenated alkanes) is 40. The van der Waals surface area contributed by atoms with E-state index in [1.807, 2.05) is 6.08 Å². The lowest BCUT2D eigenvalue weighted by atomic mass is 10.0. The van der Waals surface area contributed by atoms with Gasteiger partial charge in [-0.1, -0.05) is 289 Å². The minimum Gasteiger partial charge on any atom is -0.394 e. The molecule has 0 aromatic heterocycles. The molecule has 0 bridgehead atoms. The van der Waals surface area contributed by atoms with E-state index >= 15 is 0 Å². The summed E-state index contributed by atoms with van der Waals surface area (Å²) in [5.41, 5.74) is 0. The molecule has 0 saturated heterocycles. The van der Waals surface area contributed by atoms with E-state index in [-0.39, 0.29) is 18.9 Å². The van der Waals surface area contributed by atoms with Crippen molar-refractivity contribution in [3.63, 3.8) is 0 Å². The molecule has 3 atom stereocenters. The molecule has 0 fully saturated rings. The molecule has 61 heavy (non-hydrogen) atoms. The second-order valence-electron chi connectivity index (χ2n) is 19.2. The van der Waals surface area contributed by atoms with Gasteiger partial charge in [0.25, 0.3) is 0 Å². The van der Waals surface area contributed by atoms with Gasteiger partial charge in [-0.25, -0.2) is 0 Å². The first-order valence-corrected chi connectivity index (χ1v) is 27.6. The van der Waals surface area contributed by atoms with Gasteiger partial charge in [-0.2, -0.15) is 0 Å². The molecule has 5 heteroatoms. The highest BCUT2D eigenvalue weighted by Gasteiger charge is 2.20. The van der Waals surface area contributed by atoms with Crippen LogP contribution >= 0.6 is 0 Å². The predicted octanol–water partition coefficient (Wildman–Crippen LogP) is 16.9. The summed E-state index contributed by atoms with van der Waals surface area (Å²) in [5, 5.41) is 33.4. The van der Waals surface area contributed by atoms with Gasteiger partial charge in [-0.05, 0) is 32.1 Å². The molecule has 0 saturated carbocycles. The third kappa shape index (κ3) is 48.1. The van der Waals surface area contributed by atoms with E-state index in [4.69, 9.17) is 0 Å². The van der Waals surface area contributed by atoms with Crippen molar-refractivity contribution in [2.75, 3.05) is 6.61 Å². The van der Waals surface area contributed by atoms with E-state index in [1.165, 1.54) is 244 Å². The van der Waals surface area contributed by atoms with Crippen LogP contribution < -0.4 is 5.32 Å². The molecule has 0 radical (unpaired) electrons. The Hall–Kier alpha value is -1.17. The number of aliphatic hydroxyl groups is 3. The lowest BCUT2D eigenvalue weighted by Gasteiger charge is -2.21. The van der Waals surface area contributed by atoms with Crippen LogP contribution in [0.3, 0.4) is 0 Å². The number of allylic oxidation sites excluding steroid dienone is 3. The number of hydrogen-bond acceptors (Lipinski definition) is 4. The van der Waals surface area contributed by atoms with Crippen molar-refractivity contribution >= 4 is 5.91 Å². The van der Waals surface area contributed by atoms with Crippen molar-refractivity contribution in [3.8, 4) is 0 Å². The molecule has 0 aliphatic rings. The summed E-state index contributed by atoms with van der Waals surface area (Å²) >= 11 is 0. The highest BCUT2D eigenvalue weighted by Crippen LogP contribution is 2.18. The van der Waals surface area contributed by atoms with E-state index in [1.54, 1.807) is 6.08 Å². The fourth-order valence-electron chi connectivity index (χ4n) is 8.77. The number of amides is 1. The van der Waals surface area contributed by atoms with Crippen molar-refractivity contribution in [1.82, 2.24) is 5.32 Å². The first kappa shape index (κ1) is 59.8. The molecular weight excluding hydrogens is 751 g/mol. The van der Waals surface area contributed by atoms with Crippen molar-refractivity contribution < 1.29 is 20.1 Å². The molecule has 0 aliphatic carbocycles. The zero-order valence-corrected chi connectivity index (χ0v) is 41.3. The van der Waals surface area contributed by atoms with Crippen LogP contribution in [-0.4, -0.2) is 46.1 Å². The van der Waals surface area contributed by atoms with E-state index in [9.17, 15) is 20.1 Å². The van der Waals surface area contributed by atoms with E-state index in [2.05, 4.69) is 31.3 Å². The molecule has 1 amide bonds. The SMILES string of the molecule is CCCCCCCCCCCCCC/C=C/CC/C=C/C(O)C(CO)NC(=O)CC(O)CCCCCCCCCCCCCCCCCCCCCCCCCCCCCC. The maximum absolute atomic E-state index is 12.5. The van der Waals surface area contributed by atoms with Gasteiger partial charge in [0.1, 0.15) is 0 Å². The molecule has 0 aromatic rings. The highest BCUT2D eigenvalue weighted by molar-refractivity contribution is 5.76. The van der Waals surface area contributed by atoms with Crippen LogP contribution in [0.1, 0.15) is 303 Å². The van der Waals surface area contributed by atoms with Crippen LogP contribution in [0.4, 0.5) is 0 Å². The Morgan fingerprint density at radius 3 is 1.05 bits per heavy atom. The quantitative estimate of drug-likeness (QED) is 0.0362. The number of hydrogen-bond donors (Lipinski definition) is 4. The largest absolute Gasteiger partial charge is 0.394 e. The minimum atomic E-state index is -0.949. The van der Waals surface area contributed by atoms with Gasteiger partial charge in [-0.3, -0.25) is 4.79 Å². The molecule has 3 unspecified atom stereocenters. The number of carbonyl (C=O) groups excluding carboxylic acids is 1. The molecule has 5 nitrogen and oxygen atoms in total. The van der Waals surface area contributed by atoms with E-state index < -0.39 is 18.2 Å². The van der Waals surface area contributed by atoms with Gasteiger partial charge in [0.05, 0.1) is 31.3 Å². The van der Waals surface area contributed by atoms with Crippen molar-refractivity contribution in [2.45, 2.75) is 321 Å². The van der Waals surface area contributed by atoms with Crippen LogP contribution in [-0.2, 0) is 4.79 Å². The van der Waals surface area contributed by atoms with Crippen molar-refractivity contribution in [1.29, 1.82) is 0 Å². The molecule has 0 aliphatic heterocycles. The average molecular weight is 860 g/mol. The summed E-state index contributed by atoms with van der Waals surface area (Å²) in [6, 6.07) is -0.758. The molecule has 0 spiro atoms. The third-order valence-electron chi connectivity index (χ3n) is 13.0. The first-order valence-electron chi connectivity index (χ1n) is 27.6. The molecule has 4 N–H and O–H groups in total. The smallest absolute Gasteiger partial charge is 0.222 e. The normalized spacial score (nSPS) is 13.5. The molecule has 0 aromatic carbocycles. The fourth-order valence-corrected chi connectivity index (χ4v) is 8.77. The second kappa shape index (κ2) is 51.5. The molecule has 0 heterocycles. The van der Waals surface area contributed by atoms with Gasteiger partial charge < -0.3 is 20.6 Å². The Bertz CT molecular complexity index is 905. The molecule has 362 valence electrons. The monoisotopic (exact) mass is 860 g/mol. The summed E-state index contributed by atoms with van der Waals surface area (Å²) in [4.78, 5) is 12.5. The van der Waals surface area contributed by atoms with Gasteiger partial charge in [-0.15, -0.1) is 0 Å². The van der Waals surface area contributed by atoms with Gasteiger partial charge in [0, 0.05) is 0 Å². The summed E-state index contributed by atoms with van der Waals surface area (Å²) in [7, 11) is 0. The standard InChI is InChI=1S/C56H109NO4/c1-3-5-7-9-11-13-15-17-19-21-23-24-25-26-27-28-29-30-31-32-33-35-37-39-41-43-45-47-49-53(59)51-56(61)57-54(52-58)55(60)50-48-46-44-42-40-38-36-34-22-20-18-16-14-12-10-8-6-4-2/h40,42,48,50,53-55,58-60H,3-39,41,43-47,49,51-52H2,1-2H3,(H,57,61)/b42-40+,50-48+. The second-order valence-corrected chi connectivity index (χ2v) is 19.2. The highest BCUT2D eigenvalue weighted by atomic mass is 16.3. The fraction of sp³-hybridized carbons (Fsp3) is 0.911. The Morgan fingerprint density at radius 2 is 0.705 bits per heavy atom. The Kier molecular flexibility index (Phi) is 50.5. The van der Waals surface area contributed by atoms with E-state index in [0.717, 1.165) is 32.1 Å². The van der Waals surface area contributed by atoms with Gasteiger partial charge in [0.2, 0.25) is 5.91 Å². The van der Waals surface area contributed by atoms with E-state index in [0.29, 0.717) is 6.42 Å². The van der Waals surface area contributed by atoms with Crippen molar-refractivity contribution in [3.05, 3.63) is 24.3 Å². The zero-order chi connectivity index (χ0) is 44.4. The minimum absolute atomic E-state index is 0.0103. The van der Waals surface area contributed by atoms with Gasteiger partial charge >= 0.3 is 0 Å². The molecule has 0 rings (SSSR count). The number of carbonyl (C=O) groups is 1. The third-order valence-corrected chi connectivity index (χ3v) is 13.0. The van der Waals surface area contributed by atoms with Crippen molar-refractivity contribution in [2.24, 2.45) is 0 Å². The summed E-state index contributed by atoms with van der Waals surface area (Å²) in [5.74, 6) is -0.319. The summed E-state index contributed by atoms with van der Waals surface area (Å²) < 4.78 is 0. The lowest BCUT2D eigenvalue weighted by Crippen LogP contribution is -2.45. The first-order chi connectivity index (χ1) is 30.0. The zero-order valence-electron chi connectivity index (χ0n) is 41.3. The van der Waals surface area contributed by atoms with Crippen LogP contribution in [0.5, 0.6) is 0 Å². The molecular formula is C56H109NO4. The maximum atomic E-state index is 12.5. The van der Waals surface area contributed by atoms with Crippen LogP contribution in [0.15, 0.2) is 24.3 Å². The Labute approximate surface area is 382 Å². The van der Waals surface area contributed by atoms with Crippen LogP contribution in [0, 0.1) is 0 Å². The lowest BCUT2D eigenvalue weighted by molar-refractivity contribution is -0.124. The number of aliphatic hydroxyl groups excluding tert-OH is 3.